The lowest BCUT2D eigenvalue weighted by Crippen LogP contribution is -2.30. The topological polar surface area (TPSA) is 78.9 Å². The van der Waals surface area contributed by atoms with E-state index in [1.54, 1.807) is 0 Å². The summed E-state index contributed by atoms with van der Waals surface area (Å²) in [7, 11) is 0. The van der Waals surface area contributed by atoms with Crippen LogP contribution in [0.2, 0.25) is 0 Å². The van der Waals surface area contributed by atoms with Crippen LogP contribution in [0.15, 0.2) is 48.6 Å². The predicted octanol–water partition coefficient (Wildman–Crippen LogP) is 16.7. The Kier molecular flexibility index (Phi) is 46.9. The Labute approximate surface area is 371 Å². The van der Waals surface area contributed by atoms with E-state index < -0.39 is 6.10 Å². The van der Waals surface area contributed by atoms with Crippen LogP contribution in [0.3, 0.4) is 0 Å². The van der Waals surface area contributed by atoms with Crippen molar-refractivity contribution in [3.05, 3.63) is 48.6 Å². The molecule has 0 heterocycles. The van der Waals surface area contributed by atoms with E-state index in [9.17, 15) is 14.4 Å². The zero-order valence-corrected chi connectivity index (χ0v) is 39.7. The number of hydrogen-bond acceptors (Lipinski definition) is 6. The molecule has 0 bridgehead atoms. The number of allylic oxidation sites excluding steroid dienone is 8. The van der Waals surface area contributed by atoms with Crippen molar-refractivity contribution in [1.29, 1.82) is 0 Å². The molecule has 0 rings (SSSR count). The van der Waals surface area contributed by atoms with E-state index in [0.717, 1.165) is 96.3 Å². The van der Waals surface area contributed by atoms with Gasteiger partial charge in [0, 0.05) is 19.3 Å². The van der Waals surface area contributed by atoms with E-state index in [-0.39, 0.29) is 31.1 Å². The molecule has 6 heteroatoms. The number of unbranched alkanes of at least 4 members (excludes halogenated alkanes) is 27. The maximum Gasteiger partial charge on any atom is 0.306 e. The molecule has 0 saturated heterocycles. The number of hydrogen-bond donors (Lipinski definition) is 0. The molecule has 0 aromatic rings. The molecule has 60 heavy (non-hydrogen) atoms. The second-order valence-electron chi connectivity index (χ2n) is 17.1. The second-order valence-corrected chi connectivity index (χ2v) is 17.1. The maximum atomic E-state index is 12.8. The van der Waals surface area contributed by atoms with Crippen LogP contribution in [-0.4, -0.2) is 37.2 Å². The Morgan fingerprint density at radius 1 is 0.333 bits per heavy atom. The van der Waals surface area contributed by atoms with Gasteiger partial charge in [0.25, 0.3) is 0 Å². The van der Waals surface area contributed by atoms with Crippen molar-refractivity contribution in [2.45, 2.75) is 264 Å². The Balaban J connectivity index is 4.39. The molecule has 0 aliphatic rings. The molecular formula is C54H96O6. The Morgan fingerprint density at radius 2 is 0.600 bits per heavy atom. The average Bonchev–Trinajstić information content (AvgIpc) is 3.24. The van der Waals surface area contributed by atoms with Crippen molar-refractivity contribution in [3.8, 4) is 0 Å². The van der Waals surface area contributed by atoms with Crippen LogP contribution in [0.25, 0.3) is 0 Å². The average molecular weight is 841 g/mol. The predicted molar refractivity (Wildman–Crippen MR) is 256 cm³/mol. The van der Waals surface area contributed by atoms with Gasteiger partial charge in [0.2, 0.25) is 0 Å². The summed E-state index contributed by atoms with van der Waals surface area (Å²) in [6, 6.07) is 0. The number of ether oxygens (including phenoxy) is 3. The van der Waals surface area contributed by atoms with E-state index >= 15 is 0 Å². The third-order valence-corrected chi connectivity index (χ3v) is 11.1. The molecule has 0 radical (unpaired) electrons. The quantitative estimate of drug-likeness (QED) is 0.0263. The maximum absolute atomic E-state index is 12.8. The van der Waals surface area contributed by atoms with Gasteiger partial charge >= 0.3 is 17.9 Å². The van der Waals surface area contributed by atoms with Crippen LogP contribution in [0.5, 0.6) is 0 Å². The van der Waals surface area contributed by atoms with E-state index in [4.69, 9.17) is 14.2 Å². The fourth-order valence-electron chi connectivity index (χ4n) is 7.15. The first kappa shape index (κ1) is 57.4. The first-order valence-corrected chi connectivity index (χ1v) is 25.6. The van der Waals surface area contributed by atoms with Gasteiger partial charge in [-0.05, 0) is 83.5 Å². The molecule has 0 saturated carbocycles. The van der Waals surface area contributed by atoms with Crippen LogP contribution < -0.4 is 0 Å². The smallest absolute Gasteiger partial charge is 0.306 e. The number of carbonyl (C=O) groups excluding carboxylic acids is 3. The van der Waals surface area contributed by atoms with Crippen molar-refractivity contribution in [2.75, 3.05) is 13.2 Å². The third-order valence-electron chi connectivity index (χ3n) is 11.1. The summed E-state index contributed by atoms with van der Waals surface area (Å²) in [5, 5.41) is 0. The minimum absolute atomic E-state index is 0.0819. The van der Waals surface area contributed by atoms with Crippen LogP contribution in [-0.2, 0) is 28.6 Å². The molecule has 0 N–H and O–H groups in total. The third kappa shape index (κ3) is 46.4. The molecule has 0 aliphatic heterocycles. The molecule has 0 fully saturated rings. The lowest BCUT2D eigenvalue weighted by atomic mass is 10.1. The number of rotatable bonds is 46. The zero-order chi connectivity index (χ0) is 43.7. The Bertz CT molecular complexity index is 1060. The summed E-state index contributed by atoms with van der Waals surface area (Å²) in [6.45, 7) is 6.57. The van der Waals surface area contributed by atoms with E-state index in [0.29, 0.717) is 19.3 Å². The number of carbonyl (C=O) groups is 3. The Morgan fingerprint density at radius 3 is 0.983 bits per heavy atom. The summed E-state index contributed by atoms with van der Waals surface area (Å²) in [4.78, 5) is 37.9. The summed E-state index contributed by atoms with van der Waals surface area (Å²) in [5.74, 6) is -0.909. The summed E-state index contributed by atoms with van der Waals surface area (Å²) in [6.07, 6.45) is 58.0. The van der Waals surface area contributed by atoms with Crippen molar-refractivity contribution in [2.24, 2.45) is 0 Å². The molecule has 348 valence electrons. The molecule has 0 aromatic heterocycles. The standard InChI is InChI=1S/C54H96O6/c1-4-7-10-13-16-19-22-24-26-27-29-30-32-35-38-41-44-47-53(56)59-50-51(49-58-52(55)46-43-40-37-34-21-18-15-12-9-6-3)60-54(57)48-45-42-39-36-33-31-28-25-23-20-17-14-11-8-5-2/h16,19,24-26,28-30,51H,4-15,17-18,20-23,27,31-50H2,1-3H3/b19-16-,26-24-,28-25-,30-29-/t51-/m0/s1. The van der Waals surface area contributed by atoms with Crippen LogP contribution in [0.1, 0.15) is 258 Å². The van der Waals surface area contributed by atoms with Gasteiger partial charge in [-0.3, -0.25) is 14.4 Å². The highest BCUT2D eigenvalue weighted by molar-refractivity contribution is 5.71. The summed E-state index contributed by atoms with van der Waals surface area (Å²) in [5.41, 5.74) is 0. The lowest BCUT2D eigenvalue weighted by molar-refractivity contribution is -0.167. The van der Waals surface area contributed by atoms with Gasteiger partial charge in [-0.25, -0.2) is 0 Å². The monoisotopic (exact) mass is 841 g/mol. The molecule has 6 nitrogen and oxygen atoms in total. The van der Waals surface area contributed by atoms with Crippen molar-refractivity contribution in [1.82, 2.24) is 0 Å². The first-order valence-electron chi connectivity index (χ1n) is 25.6. The largest absolute Gasteiger partial charge is 0.462 e. The minimum atomic E-state index is -0.783. The van der Waals surface area contributed by atoms with Gasteiger partial charge < -0.3 is 14.2 Å². The zero-order valence-electron chi connectivity index (χ0n) is 39.7. The SMILES string of the molecule is CCCCC/C=C\C/C=C\C/C=C\CCCCCCC(=O)OC[C@H](COC(=O)CCCCCCCCCCCC)OC(=O)CCCCCCC/C=C\CCCCCCCC. The summed E-state index contributed by atoms with van der Waals surface area (Å²) >= 11 is 0. The van der Waals surface area contributed by atoms with Crippen molar-refractivity contribution in [3.63, 3.8) is 0 Å². The molecule has 0 aromatic carbocycles. The normalized spacial score (nSPS) is 12.4. The first-order chi connectivity index (χ1) is 29.5. The highest BCUT2D eigenvalue weighted by Crippen LogP contribution is 2.14. The van der Waals surface area contributed by atoms with Crippen molar-refractivity contribution >= 4 is 17.9 Å². The van der Waals surface area contributed by atoms with Gasteiger partial charge in [-0.2, -0.15) is 0 Å². The number of esters is 3. The van der Waals surface area contributed by atoms with E-state index in [1.165, 1.54) is 122 Å². The van der Waals surface area contributed by atoms with Gasteiger partial charge in [-0.1, -0.05) is 204 Å². The van der Waals surface area contributed by atoms with E-state index in [2.05, 4.69) is 69.4 Å². The molecular weight excluding hydrogens is 745 g/mol. The van der Waals surface area contributed by atoms with Crippen LogP contribution in [0, 0.1) is 0 Å². The summed E-state index contributed by atoms with van der Waals surface area (Å²) < 4.78 is 16.8. The molecule has 0 spiro atoms. The fraction of sp³-hybridized carbons (Fsp3) is 0.796. The molecule has 1 atom stereocenters. The molecule has 0 aliphatic carbocycles. The van der Waals surface area contributed by atoms with Crippen LogP contribution in [0.4, 0.5) is 0 Å². The van der Waals surface area contributed by atoms with Gasteiger partial charge in [0.1, 0.15) is 13.2 Å². The highest BCUT2D eigenvalue weighted by atomic mass is 16.6. The second kappa shape index (κ2) is 49.0. The van der Waals surface area contributed by atoms with Gasteiger partial charge in [0.05, 0.1) is 0 Å². The Hall–Kier alpha value is -2.63. The minimum Gasteiger partial charge on any atom is -0.462 e. The van der Waals surface area contributed by atoms with Crippen LogP contribution >= 0.6 is 0 Å². The van der Waals surface area contributed by atoms with E-state index in [1.807, 2.05) is 0 Å². The van der Waals surface area contributed by atoms with Gasteiger partial charge in [0.15, 0.2) is 6.10 Å². The molecule has 0 amide bonds. The van der Waals surface area contributed by atoms with Crippen molar-refractivity contribution < 1.29 is 28.6 Å². The van der Waals surface area contributed by atoms with Gasteiger partial charge in [-0.15, -0.1) is 0 Å². The highest BCUT2D eigenvalue weighted by Gasteiger charge is 2.19. The molecule has 0 unspecified atom stereocenters. The lowest BCUT2D eigenvalue weighted by Gasteiger charge is -2.18. The fourth-order valence-corrected chi connectivity index (χ4v) is 7.15.